The summed E-state index contributed by atoms with van der Waals surface area (Å²) in [7, 11) is 5.12. The van der Waals surface area contributed by atoms with Crippen LogP contribution in [0.3, 0.4) is 0 Å². The van der Waals surface area contributed by atoms with Gasteiger partial charge in [0.15, 0.2) is 0 Å². The molecule has 1 amide bonds. The van der Waals surface area contributed by atoms with Crippen molar-refractivity contribution in [3.63, 3.8) is 0 Å². The Kier molecular flexibility index (Phi) is 5.72. The molecule has 6 heteroatoms. The van der Waals surface area contributed by atoms with E-state index in [0.29, 0.717) is 0 Å². The van der Waals surface area contributed by atoms with Crippen molar-refractivity contribution in [1.29, 1.82) is 0 Å². The van der Waals surface area contributed by atoms with E-state index in [2.05, 4.69) is 10.4 Å². The van der Waals surface area contributed by atoms with Gasteiger partial charge in [-0.05, 0) is 45.9 Å². The second kappa shape index (κ2) is 7.59. The molecule has 0 aliphatic rings. The van der Waals surface area contributed by atoms with E-state index in [1.165, 1.54) is 0 Å². The highest BCUT2D eigenvalue weighted by atomic mass is 16.5. The minimum atomic E-state index is -0.284. The summed E-state index contributed by atoms with van der Waals surface area (Å²) >= 11 is 0. The molecule has 1 aromatic carbocycles. The van der Waals surface area contributed by atoms with Crippen LogP contribution in [0.15, 0.2) is 18.2 Å². The van der Waals surface area contributed by atoms with E-state index in [1.54, 1.807) is 14.2 Å². The summed E-state index contributed by atoms with van der Waals surface area (Å²) in [6, 6.07) is 5.35. The van der Waals surface area contributed by atoms with Gasteiger partial charge in [-0.2, -0.15) is 5.10 Å². The molecule has 0 aliphatic heterocycles. The summed E-state index contributed by atoms with van der Waals surface area (Å²) in [5, 5.41) is 7.47. The normalized spacial score (nSPS) is 13.2. The molecule has 0 unspecified atom stereocenters. The number of aryl methyl sites for hydroxylation is 2. The molecule has 2 rings (SSSR count). The lowest BCUT2D eigenvalue weighted by molar-refractivity contribution is -0.122. The fraction of sp³-hybridized carbons (Fsp3) is 0.474. The fourth-order valence-corrected chi connectivity index (χ4v) is 3.14. The zero-order valence-corrected chi connectivity index (χ0v) is 16.0. The first-order chi connectivity index (χ1) is 11.8. The van der Waals surface area contributed by atoms with Crippen LogP contribution in [-0.2, 0) is 11.8 Å². The first-order valence-corrected chi connectivity index (χ1v) is 8.32. The van der Waals surface area contributed by atoms with Crippen LogP contribution in [0.25, 0.3) is 0 Å². The molecule has 2 atom stereocenters. The molecule has 136 valence electrons. The van der Waals surface area contributed by atoms with Crippen molar-refractivity contribution >= 4 is 5.91 Å². The van der Waals surface area contributed by atoms with Crippen molar-refractivity contribution in [1.82, 2.24) is 15.1 Å². The number of ether oxygens (including phenoxy) is 2. The van der Waals surface area contributed by atoms with Gasteiger partial charge >= 0.3 is 0 Å². The molecule has 0 spiro atoms. The Morgan fingerprint density at radius 1 is 1.20 bits per heavy atom. The van der Waals surface area contributed by atoms with Gasteiger partial charge in [-0.15, -0.1) is 0 Å². The second-order valence-electron chi connectivity index (χ2n) is 6.27. The molecule has 0 radical (unpaired) electrons. The Balaban J connectivity index is 2.22. The lowest BCUT2D eigenvalue weighted by atomic mass is 9.97. The maximum atomic E-state index is 12.8. The lowest BCUT2D eigenvalue weighted by Gasteiger charge is -2.21. The number of hydrogen-bond acceptors (Lipinski definition) is 4. The Morgan fingerprint density at radius 3 is 2.40 bits per heavy atom. The Bertz CT molecular complexity index is 768. The highest BCUT2D eigenvalue weighted by Gasteiger charge is 2.24. The monoisotopic (exact) mass is 345 g/mol. The van der Waals surface area contributed by atoms with E-state index in [-0.39, 0.29) is 17.9 Å². The molecular weight excluding hydrogens is 318 g/mol. The number of nitrogens with zero attached hydrogens (tertiary/aromatic N) is 2. The number of hydrogen-bond donors (Lipinski definition) is 1. The van der Waals surface area contributed by atoms with Gasteiger partial charge in [0, 0.05) is 23.9 Å². The number of carbonyl (C=O) groups excluding carboxylic acids is 1. The minimum Gasteiger partial charge on any atom is -0.497 e. The minimum absolute atomic E-state index is 0.0448. The van der Waals surface area contributed by atoms with Crippen molar-refractivity contribution in [2.24, 2.45) is 7.05 Å². The zero-order chi connectivity index (χ0) is 18.7. The average Bonchev–Trinajstić information content (AvgIpc) is 2.85. The maximum absolute atomic E-state index is 12.8. The number of rotatable bonds is 6. The largest absolute Gasteiger partial charge is 0.497 e. The third-order valence-corrected chi connectivity index (χ3v) is 4.65. The highest BCUT2D eigenvalue weighted by molar-refractivity contribution is 5.84. The van der Waals surface area contributed by atoms with Crippen molar-refractivity contribution in [3.8, 4) is 11.5 Å². The Hall–Kier alpha value is -2.50. The first-order valence-electron chi connectivity index (χ1n) is 8.32. The zero-order valence-electron chi connectivity index (χ0n) is 16.0. The second-order valence-corrected chi connectivity index (χ2v) is 6.27. The van der Waals surface area contributed by atoms with Gasteiger partial charge in [-0.25, -0.2) is 0 Å². The standard InChI is InChI=1S/C19H27N3O3/c1-11(18-13(3)21-22(5)14(18)4)19(23)20-12(2)16-10-15(24-6)8-9-17(16)25-7/h8-12H,1-7H3,(H,20,23)/t11-,12+/m1/s1. The van der Waals surface area contributed by atoms with Crippen LogP contribution in [-0.4, -0.2) is 29.9 Å². The summed E-state index contributed by atoms with van der Waals surface area (Å²) in [5.74, 6) is 1.11. The summed E-state index contributed by atoms with van der Waals surface area (Å²) in [6.07, 6.45) is 0. The van der Waals surface area contributed by atoms with Crippen molar-refractivity contribution in [3.05, 3.63) is 40.7 Å². The molecule has 25 heavy (non-hydrogen) atoms. The SMILES string of the molecule is COc1ccc(OC)c([C@H](C)NC(=O)[C@H](C)c2c(C)nn(C)c2C)c1. The van der Waals surface area contributed by atoms with E-state index in [9.17, 15) is 4.79 Å². The lowest BCUT2D eigenvalue weighted by Crippen LogP contribution is -2.31. The van der Waals surface area contributed by atoms with E-state index in [0.717, 1.165) is 34.0 Å². The van der Waals surface area contributed by atoms with Crippen molar-refractivity contribution < 1.29 is 14.3 Å². The van der Waals surface area contributed by atoms with Crippen LogP contribution < -0.4 is 14.8 Å². The van der Waals surface area contributed by atoms with Gasteiger partial charge in [0.05, 0.1) is 31.9 Å². The van der Waals surface area contributed by atoms with Gasteiger partial charge in [0.25, 0.3) is 0 Å². The summed E-state index contributed by atoms with van der Waals surface area (Å²) in [4.78, 5) is 12.8. The number of aromatic nitrogens is 2. The van der Waals surface area contributed by atoms with Gasteiger partial charge < -0.3 is 14.8 Å². The summed E-state index contributed by atoms with van der Waals surface area (Å²) in [6.45, 7) is 7.75. The average molecular weight is 345 g/mol. The van der Waals surface area contributed by atoms with Gasteiger partial charge in [0.1, 0.15) is 11.5 Å². The Labute approximate surface area is 149 Å². The maximum Gasteiger partial charge on any atom is 0.227 e. The van der Waals surface area contributed by atoms with Crippen LogP contribution in [0.5, 0.6) is 11.5 Å². The van der Waals surface area contributed by atoms with E-state index in [4.69, 9.17) is 9.47 Å². The molecule has 0 aliphatic carbocycles. The smallest absolute Gasteiger partial charge is 0.227 e. The van der Waals surface area contributed by atoms with Crippen molar-refractivity contribution in [2.75, 3.05) is 14.2 Å². The predicted molar refractivity (Wildman–Crippen MR) is 97.2 cm³/mol. The van der Waals surface area contributed by atoms with Gasteiger partial charge in [-0.3, -0.25) is 9.48 Å². The van der Waals surface area contributed by atoms with Crippen LogP contribution in [0.2, 0.25) is 0 Å². The van der Waals surface area contributed by atoms with E-state index >= 15 is 0 Å². The quantitative estimate of drug-likeness (QED) is 0.874. The van der Waals surface area contributed by atoms with Crippen LogP contribution >= 0.6 is 0 Å². The molecule has 0 bridgehead atoms. The molecule has 2 aromatic rings. The van der Waals surface area contributed by atoms with Gasteiger partial charge in [0.2, 0.25) is 5.91 Å². The van der Waals surface area contributed by atoms with Gasteiger partial charge in [-0.1, -0.05) is 0 Å². The number of nitrogens with one attached hydrogen (secondary N) is 1. The first kappa shape index (κ1) is 18.8. The number of carbonyl (C=O) groups is 1. The predicted octanol–water partition coefficient (Wildman–Crippen LogP) is 3.04. The molecule has 1 heterocycles. The number of amides is 1. The van der Waals surface area contributed by atoms with E-state index < -0.39 is 0 Å². The number of methoxy groups -OCH3 is 2. The van der Waals surface area contributed by atoms with Crippen LogP contribution in [0, 0.1) is 13.8 Å². The van der Waals surface area contributed by atoms with E-state index in [1.807, 2.05) is 57.6 Å². The molecule has 0 saturated heterocycles. The fourth-order valence-electron chi connectivity index (χ4n) is 3.14. The highest BCUT2D eigenvalue weighted by Crippen LogP contribution is 2.30. The topological polar surface area (TPSA) is 65.4 Å². The molecule has 6 nitrogen and oxygen atoms in total. The molecular formula is C19H27N3O3. The van der Waals surface area contributed by atoms with Crippen LogP contribution in [0.1, 0.15) is 48.3 Å². The third kappa shape index (κ3) is 3.78. The Morgan fingerprint density at radius 2 is 1.88 bits per heavy atom. The molecule has 0 saturated carbocycles. The summed E-state index contributed by atoms with van der Waals surface area (Å²) < 4.78 is 12.5. The number of benzene rings is 1. The summed E-state index contributed by atoms with van der Waals surface area (Å²) in [5.41, 5.74) is 3.74. The van der Waals surface area contributed by atoms with Crippen molar-refractivity contribution in [2.45, 2.75) is 39.7 Å². The molecule has 1 N–H and O–H groups in total. The van der Waals surface area contributed by atoms with Crippen LogP contribution in [0.4, 0.5) is 0 Å². The third-order valence-electron chi connectivity index (χ3n) is 4.65. The molecule has 1 aromatic heterocycles. The molecule has 0 fully saturated rings.